The van der Waals surface area contributed by atoms with Crippen LogP contribution in [0.2, 0.25) is 0 Å². The number of carbonyl (C=O) groups excluding carboxylic acids is 1. The van der Waals surface area contributed by atoms with Crippen LogP contribution in [0.1, 0.15) is 29.3 Å². The second-order valence-corrected chi connectivity index (χ2v) is 5.43. The van der Waals surface area contributed by atoms with E-state index in [0.717, 1.165) is 9.99 Å². The van der Waals surface area contributed by atoms with E-state index in [2.05, 4.69) is 22.6 Å². The van der Waals surface area contributed by atoms with E-state index < -0.39 is 0 Å². The molecule has 0 spiro atoms. The first-order valence-corrected chi connectivity index (χ1v) is 7.32. The Hall–Kier alpha value is -1.36. The standard InChI is InChI=1S/C16H15IO2/c1-2-10-19-15-9-4-3-8-14(15)16(18)12-6-5-7-13(17)11-12/h3-9,11H,2,10H2,1H3. The number of halogens is 1. The topological polar surface area (TPSA) is 26.3 Å². The van der Waals surface area contributed by atoms with Crippen LogP contribution in [-0.2, 0) is 0 Å². The Morgan fingerprint density at radius 1 is 1.16 bits per heavy atom. The van der Waals surface area contributed by atoms with E-state index in [1.807, 2.05) is 55.5 Å². The van der Waals surface area contributed by atoms with Crippen LogP contribution in [0.3, 0.4) is 0 Å². The Morgan fingerprint density at radius 2 is 1.95 bits per heavy atom. The molecule has 0 heterocycles. The highest BCUT2D eigenvalue weighted by Crippen LogP contribution is 2.22. The molecule has 2 aromatic rings. The first kappa shape index (κ1) is 14.1. The third-order valence-corrected chi connectivity index (χ3v) is 3.35. The zero-order valence-corrected chi connectivity index (χ0v) is 12.9. The molecule has 0 unspecified atom stereocenters. The molecule has 0 aliphatic rings. The lowest BCUT2D eigenvalue weighted by atomic mass is 10.0. The number of carbonyl (C=O) groups is 1. The Kier molecular flexibility index (Phi) is 4.96. The molecule has 98 valence electrons. The molecular weight excluding hydrogens is 351 g/mol. The van der Waals surface area contributed by atoms with Crippen molar-refractivity contribution in [3.63, 3.8) is 0 Å². The van der Waals surface area contributed by atoms with Crippen molar-refractivity contribution in [1.82, 2.24) is 0 Å². The van der Waals surface area contributed by atoms with Gasteiger partial charge in [-0.15, -0.1) is 0 Å². The van der Waals surface area contributed by atoms with E-state index >= 15 is 0 Å². The highest BCUT2D eigenvalue weighted by Gasteiger charge is 2.14. The molecule has 2 aromatic carbocycles. The molecule has 0 fully saturated rings. The van der Waals surface area contributed by atoms with Crippen LogP contribution < -0.4 is 4.74 Å². The molecule has 19 heavy (non-hydrogen) atoms. The molecule has 0 N–H and O–H groups in total. The number of hydrogen-bond acceptors (Lipinski definition) is 2. The first-order valence-electron chi connectivity index (χ1n) is 6.24. The van der Waals surface area contributed by atoms with Gasteiger partial charge in [0.15, 0.2) is 5.78 Å². The Balaban J connectivity index is 2.33. The van der Waals surface area contributed by atoms with Crippen LogP contribution in [0.4, 0.5) is 0 Å². The maximum atomic E-state index is 12.5. The summed E-state index contributed by atoms with van der Waals surface area (Å²) in [7, 11) is 0. The zero-order valence-electron chi connectivity index (χ0n) is 10.7. The maximum Gasteiger partial charge on any atom is 0.196 e. The second kappa shape index (κ2) is 6.70. The van der Waals surface area contributed by atoms with Crippen molar-refractivity contribution in [2.24, 2.45) is 0 Å². The number of para-hydroxylation sites is 1. The van der Waals surface area contributed by atoms with Gasteiger partial charge in [-0.2, -0.15) is 0 Å². The molecule has 0 saturated heterocycles. The van der Waals surface area contributed by atoms with Crippen LogP contribution >= 0.6 is 22.6 Å². The summed E-state index contributed by atoms with van der Waals surface area (Å²) in [5, 5.41) is 0. The molecule has 0 aromatic heterocycles. The number of rotatable bonds is 5. The Morgan fingerprint density at radius 3 is 2.68 bits per heavy atom. The molecule has 0 bridgehead atoms. The lowest BCUT2D eigenvalue weighted by Crippen LogP contribution is -2.06. The number of benzene rings is 2. The summed E-state index contributed by atoms with van der Waals surface area (Å²) in [6, 6.07) is 15.0. The summed E-state index contributed by atoms with van der Waals surface area (Å²) in [4.78, 5) is 12.5. The number of ether oxygens (including phenoxy) is 1. The average Bonchev–Trinajstić information content (AvgIpc) is 2.44. The lowest BCUT2D eigenvalue weighted by Gasteiger charge is -2.10. The monoisotopic (exact) mass is 366 g/mol. The Bertz CT molecular complexity index is 578. The van der Waals surface area contributed by atoms with Gasteiger partial charge in [-0.1, -0.05) is 31.2 Å². The van der Waals surface area contributed by atoms with Crippen molar-refractivity contribution in [3.05, 3.63) is 63.2 Å². The van der Waals surface area contributed by atoms with Crippen molar-refractivity contribution in [3.8, 4) is 5.75 Å². The second-order valence-electron chi connectivity index (χ2n) is 4.18. The number of hydrogen-bond donors (Lipinski definition) is 0. The van der Waals surface area contributed by atoms with Crippen LogP contribution in [0.15, 0.2) is 48.5 Å². The Labute approximate surface area is 126 Å². The van der Waals surface area contributed by atoms with Crippen molar-refractivity contribution < 1.29 is 9.53 Å². The maximum absolute atomic E-state index is 12.5. The highest BCUT2D eigenvalue weighted by molar-refractivity contribution is 14.1. The van der Waals surface area contributed by atoms with Gasteiger partial charge in [0.2, 0.25) is 0 Å². The fourth-order valence-electron chi connectivity index (χ4n) is 1.78. The molecule has 0 amide bonds. The van der Waals surface area contributed by atoms with Crippen molar-refractivity contribution in [2.75, 3.05) is 6.61 Å². The van der Waals surface area contributed by atoms with Gasteiger partial charge in [-0.25, -0.2) is 0 Å². The largest absolute Gasteiger partial charge is 0.493 e. The van der Waals surface area contributed by atoms with E-state index in [0.29, 0.717) is 23.5 Å². The van der Waals surface area contributed by atoms with Crippen molar-refractivity contribution in [2.45, 2.75) is 13.3 Å². The molecule has 3 heteroatoms. The highest BCUT2D eigenvalue weighted by atomic mass is 127. The smallest absolute Gasteiger partial charge is 0.196 e. The van der Waals surface area contributed by atoms with Gasteiger partial charge in [0.05, 0.1) is 12.2 Å². The molecule has 0 radical (unpaired) electrons. The summed E-state index contributed by atoms with van der Waals surface area (Å²) in [6.45, 7) is 2.67. The summed E-state index contributed by atoms with van der Waals surface area (Å²) in [5.74, 6) is 0.665. The molecule has 2 nitrogen and oxygen atoms in total. The fraction of sp³-hybridized carbons (Fsp3) is 0.188. The molecule has 0 saturated carbocycles. The van der Waals surface area contributed by atoms with Crippen LogP contribution in [-0.4, -0.2) is 12.4 Å². The van der Waals surface area contributed by atoms with Gasteiger partial charge in [0, 0.05) is 9.13 Å². The van der Waals surface area contributed by atoms with Crippen molar-refractivity contribution >= 4 is 28.4 Å². The normalized spacial score (nSPS) is 10.2. The average molecular weight is 366 g/mol. The quantitative estimate of drug-likeness (QED) is 0.582. The van der Waals surface area contributed by atoms with E-state index in [1.54, 1.807) is 0 Å². The van der Waals surface area contributed by atoms with E-state index in [-0.39, 0.29) is 5.78 Å². The van der Waals surface area contributed by atoms with Crippen LogP contribution in [0.25, 0.3) is 0 Å². The zero-order chi connectivity index (χ0) is 13.7. The van der Waals surface area contributed by atoms with Crippen LogP contribution in [0, 0.1) is 3.57 Å². The summed E-state index contributed by atoms with van der Waals surface area (Å²) < 4.78 is 6.69. The third kappa shape index (κ3) is 3.56. The van der Waals surface area contributed by atoms with Gasteiger partial charge < -0.3 is 4.74 Å². The third-order valence-electron chi connectivity index (χ3n) is 2.68. The predicted molar refractivity (Wildman–Crippen MR) is 84.8 cm³/mol. The molecular formula is C16H15IO2. The van der Waals surface area contributed by atoms with E-state index in [1.165, 1.54) is 0 Å². The van der Waals surface area contributed by atoms with Gasteiger partial charge in [0.1, 0.15) is 5.75 Å². The van der Waals surface area contributed by atoms with Gasteiger partial charge in [0.25, 0.3) is 0 Å². The van der Waals surface area contributed by atoms with E-state index in [4.69, 9.17) is 4.74 Å². The minimum Gasteiger partial charge on any atom is -0.493 e. The summed E-state index contributed by atoms with van der Waals surface area (Å²) in [6.07, 6.45) is 0.922. The molecule has 2 rings (SSSR count). The fourth-order valence-corrected chi connectivity index (χ4v) is 2.32. The van der Waals surface area contributed by atoms with Crippen LogP contribution in [0.5, 0.6) is 5.75 Å². The summed E-state index contributed by atoms with van der Waals surface area (Å²) >= 11 is 2.21. The van der Waals surface area contributed by atoms with Crippen molar-refractivity contribution in [1.29, 1.82) is 0 Å². The summed E-state index contributed by atoms with van der Waals surface area (Å²) in [5.41, 5.74) is 1.32. The predicted octanol–water partition coefficient (Wildman–Crippen LogP) is 4.31. The SMILES string of the molecule is CCCOc1ccccc1C(=O)c1cccc(I)c1. The molecule has 0 aliphatic heterocycles. The first-order chi connectivity index (χ1) is 9.22. The molecule has 0 aliphatic carbocycles. The van der Waals surface area contributed by atoms with E-state index in [9.17, 15) is 4.79 Å². The lowest BCUT2D eigenvalue weighted by molar-refractivity contribution is 0.103. The number of ketones is 1. The minimum atomic E-state index is 0.00483. The van der Waals surface area contributed by atoms with Gasteiger partial charge in [-0.3, -0.25) is 4.79 Å². The minimum absolute atomic E-state index is 0.00483. The van der Waals surface area contributed by atoms with Gasteiger partial charge >= 0.3 is 0 Å². The molecule has 0 atom stereocenters. The van der Waals surface area contributed by atoms with Gasteiger partial charge in [-0.05, 0) is 53.3 Å².